The number of phosphoric acid groups is 1. The van der Waals surface area contributed by atoms with Crippen molar-refractivity contribution in [1.29, 1.82) is 0 Å². The quantitative estimate of drug-likeness (QED) is 0.687. The topological polar surface area (TPSA) is 119 Å². The number of carboxylic acid groups (broad SMARTS) is 2. The molecule has 8 nitrogen and oxygen atoms in total. The van der Waals surface area contributed by atoms with Crippen LogP contribution in [-0.2, 0) is 13.6 Å². The van der Waals surface area contributed by atoms with Crippen molar-refractivity contribution < 1.29 is 37.9 Å². The Bertz CT molecular complexity index is 591. The van der Waals surface area contributed by atoms with Crippen LogP contribution in [-0.4, -0.2) is 34.4 Å². The van der Waals surface area contributed by atoms with Crippen LogP contribution in [0.2, 0.25) is 0 Å². The minimum atomic E-state index is -4.21. The van der Waals surface area contributed by atoms with Crippen LogP contribution in [0.5, 0.6) is 5.75 Å². The van der Waals surface area contributed by atoms with Crippen LogP contribution in [0.1, 0.15) is 48.4 Å². The summed E-state index contributed by atoms with van der Waals surface area (Å²) in [6.45, 7) is 6.34. The van der Waals surface area contributed by atoms with Gasteiger partial charge in [-0.25, -0.2) is 14.2 Å². The van der Waals surface area contributed by atoms with Crippen LogP contribution in [0.4, 0.5) is 0 Å². The van der Waals surface area contributed by atoms with Crippen molar-refractivity contribution in [3.05, 3.63) is 29.3 Å². The predicted octanol–water partition coefficient (Wildman–Crippen LogP) is 3.42. The van der Waals surface area contributed by atoms with E-state index in [1.807, 2.05) is 0 Å². The Kier molecular flexibility index (Phi) is 6.32. The van der Waals surface area contributed by atoms with E-state index in [9.17, 15) is 24.4 Å². The first kappa shape index (κ1) is 19.2. The number of hydrogen-bond donors (Lipinski definition) is 2. The second-order valence-corrected chi connectivity index (χ2v) is 6.64. The molecule has 1 aromatic rings. The van der Waals surface area contributed by atoms with E-state index < -0.39 is 48.8 Å². The molecule has 0 fully saturated rings. The largest absolute Gasteiger partial charge is 0.530 e. The highest BCUT2D eigenvalue weighted by atomic mass is 31.2. The molecule has 0 heterocycles. The molecule has 0 spiro atoms. The molecule has 0 unspecified atom stereocenters. The van der Waals surface area contributed by atoms with Gasteiger partial charge in [-0.2, -0.15) is 0 Å². The Morgan fingerprint density at radius 1 is 0.957 bits per heavy atom. The fourth-order valence-corrected chi connectivity index (χ4v) is 3.26. The lowest BCUT2D eigenvalue weighted by Gasteiger charge is -2.23. The van der Waals surface area contributed by atoms with Gasteiger partial charge in [0, 0.05) is 0 Å². The zero-order chi connectivity index (χ0) is 17.8. The normalized spacial score (nSPS) is 11.7. The van der Waals surface area contributed by atoms with Crippen LogP contribution in [0, 0.1) is 0 Å². The van der Waals surface area contributed by atoms with Crippen LogP contribution >= 0.6 is 7.82 Å². The van der Waals surface area contributed by atoms with Crippen molar-refractivity contribution >= 4 is 19.8 Å². The van der Waals surface area contributed by atoms with Gasteiger partial charge in [0.25, 0.3) is 0 Å². The number of hydrogen-bond acceptors (Lipinski definition) is 6. The summed E-state index contributed by atoms with van der Waals surface area (Å²) < 4.78 is 28.2. The van der Waals surface area contributed by atoms with Crippen molar-refractivity contribution in [2.75, 3.05) is 0 Å². The Hall–Kier alpha value is -1.89. The molecule has 1 rings (SSSR count). The molecule has 0 atom stereocenters. The summed E-state index contributed by atoms with van der Waals surface area (Å²) in [5.74, 6) is -3.43. The summed E-state index contributed by atoms with van der Waals surface area (Å²) in [6, 6.07) is 3.52. The molecule has 0 bridgehead atoms. The van der Waals surface area contributed by atoms with Gasteiger partial charge in [0.15, 0.2) is 5.75 Å². The summed E-state index contributed by atoms with van der Waals surface area (Å²) in [5, 5.41) is 18.4. The molecule has 0 saturated heterocycles. The van der Waals surface area contributed by atoms with Gasteiger partial charge in [0.05, 0.1) is 12.2 Å². The first-order valence-electron chi connectivity index (χ1n) is 6.81. The Morgan fingerprint density at radius 2 is 1.35 bits per heavy atom. The summed E-state index contributed by atoms with van der Waals surface area (Å²) in [5.41, 5.74) is -0.908. The Labute approximate surface area is 133 Å². The first-order valence-corrected chi connectivity index (χ1v) is 8.28. The molecule has 0 aliphatic carbocycles. The van der Waals surface area contributed by atoms with Crippen LogP contribution in [0.25, 0.3) is 0 Å². The van der Waals surface area contributed by atoms with E-state index in [0.29, 0.717) is 0 Å². The average molecular weight is 346 g/mol. The highest BCUT2D eigenvalue weighted by molar-refractivity contribution is 7.49. The summed E-state index contributed by atoms with van der Waals surface area (Å²) in [6.07, 6.45) is -1.10. The molecule has 0 aromatic heterocycles. The van der Waals surface area contributed by atoms with E-state index in [4.69, 9.17) is 13.6 Å². The monoisotopic (exact) mass is 346 g/mol. The van der Waals surface area contributed by atoms with E-state index in [-0.39, 0.29) is 0 Å². The predicted molar refractivity (Wildman–Crippen MR) is 81.0 cm³/mol. The first-order chi connectivity index (χ1) is 10.6. The van der Waals surface area contributed by atoms with E-state index >= 15 is 0 Å². The Morgan fingerprint density at radius 3 is 1.65 bits per heavy atom. The third-order valence-corrected chi connectivity index (χ3v) is 4.12. The summed E-state index contributed by atoms with van der Waals surface area (Å²) in [4.78, 5) is 22.6. The van der Waals surface area contributed by atoms with Crippen molar-refractivity contribution in [3.8, 4) is 5.75 Å². The molecule has 9 heteroatoms. The average Bonchev–Trinajstić information content (AvgIpc) is 2.35. The third kappa shape index (κ3) is 5.35. The number of para-hydroxylation sites is 1. The molecular formula is C14H19O8P. The minimum Gasteiger partial charge on any atom is -0.478 e. The zero-order valence-electron chi connectivity index (χ0n) is 13.2. The van der Waals surface area contributed by atoms with Crippen molar-refractivity contribution in [3.63, 3.8) is 0 Å². The minimum absolute atomic E-state index is 0.454. The molecule has 0 radical (unpaired) electrons. The van der Waals surface area contributed by atoms with Gasteiger partial charge in [0.1, 0.15) is 11.1 Å². The lowest BCUT2D eigenvalue weighted by Crippen LogP contribution is -2.15. The van der Waals surface area contributed by atoms with Crippen molar-refractivity contribution in [2.45, 2.75) is 39.9 Å². The van der Waals surface area contributed by atoms with E-state index in [1.54, 1.807) is 27.7 Å². The lowest BCUT2D eigenvalue weighted by molar-refractivity contribution is 0.0689. The second-order valence-electron chi connectivity index (χ2n) is 5.14. The summed E-state index contributed by atoms with van der Waals surface area (Å²) >= 11 is 0. The van der Waals surface area contributed by atoms with Crippen LogP contribution < -0.4 is 4.52 Å². The number of phosphoric ester groups is 1. The standard InChI is InChI=1S/C14H19O8P/c1-8(2)20-23(19,21-9(3)4)22-12-10(13(15)16)6-5-7-11(12)14(17)18/h5-9H,1-4H3,(H,15,16)(H,17,18). The van der Waals surface area contributed by atoms with Gasteiger partial charge < -0.3 is 14.7 Å². The molecule has 2 N–H and O–H groups in total. The highest BCUT2D eigenvalue weighted by Gasteiger charge is 2.35. The van der Waals surface area contributed by atoms with Gasteiger partial charge in [-0.15, -0.1) is 0 Å². The molecule has 0 saturated carbocycles. The molecule has 0 aliphatic rings. The van der Waals surface area contributed by atoms with Crippen LogP contribution in [0.3, 0.4) is 0 Å². The smallest absolute Gasteiger partial charge is 0.478 e. The highest BCUT2D eigenvalue weighted by Crippen LogP contribution is 2.52. The van der Waals surface area contributed by atoms with Gasteiger partial charge >= 0.3 is 19.8 Å². The van der Waals surface area contributed by atoms with E-state index in [1.165, 1.54) is 6.07 Å². The molecule has 23 heavy (non-hydrogen) atoms. The number of carboxylic acids is 2. The lowest BCUT2D eigenvalue weighted by atomic mass is 10.1. The maximum Gasteiger partial charge on any atom is 0.530 e. The van der Waals surface area contributed by atoms with Gasteiger partial charge in [-0.05, 0) is 39.8 Å². The van der Waals surface area contributed by atoms with Gasteiger partial charge in [0.2, 0.25) is 0 Å². The number of benzene rings is 1. The molecule has 0 aliphatic heterocycles. The second kappa shape index (κ2) is 7.59. The molecular weight excluding hydrogens is 327 g/mol. The number of aromatic carboxylic acids is 2. The zero-order valence-corrected chi connectivity index (χ0v) is 14.1. The maximum atomic E-state index is 12.7. The number of carbonyl (C=O) groups is 2. The van der Waals surface area contributed by atoms with Crippen molar-refractivity contribution in [2.24, 2.45) is 0 Å². The SMILES string of the molecule is CC(C)OP(=O)(Oc1c(C(=O)O)cccc1C(=O)O)OC(C)C. The summed E-state index contributed by atoms with van der Waals surface area (Å²) in [7, 11) is -4.21. The molecule has 0 amide bonds. The number of rotatable bonds is 8. The van der Waals surface area contributed by atoms with Crippen LogP contribution in [0.15, 0.2) is 18.2 Å². The fraction of sp³-hybridized carbons (Fsp3) is 0.429. The van der Waals surface area contributed by atoms with E-state index in [0.717, 1.165) is 12.1 Å². The molecule has 1 aromatic carbocycles. The van der Waals surface area contributed by atoms with Gasteiger partial charge in [-0.1, -0.05) is 6.07 Å². The Balaban J connectivity index is 3.39. The van der Waals surface area contributed by atoms with Gasteiger partial charge in [-0.3, -0.25) is 9.05 Å². The fourth-order valence-electron chi connectivity index (χ4n) is 1.67. The van der Waals surface area contributed by atoms with Crippen molar-refractivity contribution in [1.82, 2.24) is 0 Å². The third-order valence-electron chi connectivity index (χ3n) is 2.36. The molecule has 128 valence electrons. The van der Waals surface area contributed by atoms with E-state index in [2.05, 4.69) is 0 Å². The maximum absolute atomic E-state index is 12.7.